The van der Waals surface area contributed by atoms with Crippen LogP contribution in [0.4, 0.5) is 8.78 Å². The summed E-state index contributed by atoms with van der Waals surface area (Å²) in [7, 11) is -4.42. The molecule has 0 unspecified atom stereocenters. The highest BCUT2D eigenvalue weighted by atomic mass is 35.7. The molecule has 0 amide bonds. The van der Waals surface area contributed by atoms with Crippen LogP contribution in [0.25, 0.3) is 33.2 Å². The summed E-state index contributed by atoms with van der Waals surface area (Å²) < 4.78 is 85.1. The van der Waals surface area contributed by atoms with Crippen LogP contribution < -0.4 is 19.8 Å². The summed E-state index contributed by atoms with van der Waals surface area (Å²) in [5.74, 6) is 4.14. The van der Waals surface area contributed by atoms with Gasteiger partial charge in [0.05, 0.1) is 22.2 Å². The molecule has 2 aromatic carbocycles. The van der Waals surface area contributed by atoms with Crippen molar-refractivity contribution in [2.24, 2.45) is 17.6 Å². The van der Waals surface area contributed by atoms with Crippen LogP contribution in [0.5, 0.6) is 11.5 Å². The van der Waals surface area contributed by atoms with Crippen molar-refractivity contribution in [2.45, 2.75) is 47.6 Å². The maximum Gasteiger partial charge on any atom is 0.552 e. The molecule has 7 N–H and O–H groups in total. The largest absolute Gasteiger partial charge is 0.552 e. The zero-order chi connectivity index (χ0) is 41.6. The van der Waals surface area contributed by atoms with Crippen LogP contribution in [0, 0.1) is 23.5 Å². The number of sulfonamides is 1. The first-order valence-electron chi connectivity index (χ1n) is 18.4. The Morgan fingerprint density at radius 1 is 0.712 bits per heavy atom. The molecule has 6 heterocycles. The van der Waals surface area contributed by atoms with Crippen LogP contribution in [-0.2, 0) is 19.1 Å². The average molecular weight is 863 g/mol. The molecule has 6 aromatic rings. The molecular formula is C38H35B2ClF2N6O8S2. The van der Waals surface area contributed by atoms with E-state index in [9.17, 15) is 35.7 Å². The van der Waals surface area contributed by atoms with E-state index in [4.69, 9.17) is 25.7 Å². The third-order valence-electron chi connectivity index (χ3n) is 10.6. The number of halogens is 3. The number of pyridine rings is 2. The maximum atomic E-state index is 13.1. The second-order valence-corrected chi connectivity index (χ2v) is 18.8. The Kier molecular flexibility index (Phi) is 11.2. The minimum absolute atomic E-state index is 0.0357. The molecule has 0 bridgehead atoms. The molecule has 4 aromatic heterocycles. The monoisotopic (exact) mass is 862 g/mol. The SMILES string of the molecule is NC1CC(C2=CB(O)Oc3cnc4[nH]ccc4c32)C1.O=S(=O)(Cl)c1ccc(F)cc1.O=S(=O)(NC1CC(C2=CB(O)Oc3cnc4[nH]ccc4c32)C1)c1ccc(F)cc1. The molecule has 0 radical (unpaired) electrons. The number of benzene rings is 2. The van der Waals surface area contributed by atoms with Crippen molar-refractivity contribution in [3.8, 4) is 11.5 Å². The second kappa shape index (κ2) is 16.2. The lowest BCUT2D eigenvalue weighted by atomic mass is 9.68. The van der Waals surface area contributed by atoms with Crippen LogP contribution in [0.2, 0.25) is 0 Å². The van der Waals surface area contributed by atoms with Gasteiger partial charge in [-0.3, -0.25) is 0 Å². The lowest BCUT2D eigenvalue weighted by Gasteiger charge is -2.39. The molecule has 0 spiro atoms. The molecule has 0 saturated heterocycles. The number of hydrogen-bond donors (Lipinski definition) is 6. The van der Waals surface area contributed by atoms with Gasteiger partial charge in [0, 0.05) is 57.1 Å². The zero-order valence-electron chi connectivity index (χ0n) is 30.8. The summed E-state index contributed by atoms with van der Waals surface area (Å²) >= 11 is 0. The van der Waals surface area contributed by atoms with E-state index in [0.29, 0.717) is 30.3 Å². The summed E-state index contributed by atoms with van der Waals surface area (Å²) in [6.07, 6.45) is 10.0. The quantitative estimate of drug-likeness (QED) is 0.0955. The first kappa shape index (κ1) is 40.7. The van der Waals surface area contributed by atoms with Gasteiger partial charge >= 0.3 is 14.2 Å². The molecule has 4 aliphatic rings. The Labute approximate surface area is 342 Å². The van der Waals surface area contributed by atoms with Gasteiger partial charge in [-0.15, -0.1) is 0 Å². The number of fused-ring (bicyclic) bond motifs is 6. The summed E-state index contributed by atoms with van der Waals surface area (Å²) in [5, 5.41) is 21.8. The molecule has 0 atom stereocenters. The fourth-order valence-electron chi connectivity index (χ4n) is 7.62. The fourth-order valence-corrected chi connectivity index (χ4v) is 9.65. The number of aromatic nitrogens is 4. The smallest absolute Gasteiger partial charge is 0.531 e. The van der Waals surface area contributed by atoms with Gasteiger partial charge in [-0.05, 0) is 121 Å². The Morgan fingerprint density at radius 3 is 1.59 bits per heavy atom. The molecule has 2 aliphatic carbocycles. The lowest BCUT2D eigenvalue weighted by molar-refractivity contribution is 0.308. The highest BCUT2D eigenvalue weighted by Gasteiger charge is 2.40. The molecule has 2 saturated carbocycles. The molecule has 2 aliphatic heterocycles. The van der Waals surface area contributed by atoms with Gasteiger partial charge in [0.15, 0.2) is 0 Å². The van der Waals surface area contributed by atoms with Crippen LogP contribution >= 0.6 is 10.7 Å². The van der Waals surface area contributed by atoms with Gasteiger partial charge < -0.3 is 35.1 Å². The third kappa shape index (κ3) is 8.65. The zero-order valence-corrected chi connectivity index (χ0v) is 33.2. The predicted molar refractivity (Wildman–Crippen MR) is 219 cm³/mol. The Balaban J connectivity index is 0.000000138. The van der Waals surface area contributed by atoms with E-state index < -0.39 is 44.9 Å². The fraction of sp³-hybridized carbons (Fsp3) is 0.211. The predicted octanol–water partition coefficient (Wildman–Crippen LogP) is 5.10. The summed E-state index contributed by atoms with van der Waals surface area (Å²) in [6, 6.07) is 13.0. The minimum Gasteiger partial charge on any atom is -0.531 e. The number of nitrogens with two attached hydrogens (primary N) is 1. The van der Waals surface area contributed by atoms with E-state index in [-0.39, 0.29) is 27.8 Å². The van der Waals surface area contributed by atoms with E-state index in [1.807, 2.05) is 18.3 Å². The van der Waals surface area contributed by atoms with Crippen molar-refractivity contribution in [3.05, 3.63) is 120 Å². The van der Waals surface area contributed by atoms with Crippen LogP contribution in [-0.4, -0.2) is 73.1 Å². The van der Waals surface area contributed by atoms with E-state index in [0.717, 1.165) is 93.6 Å². The molecule has 14 nitrogen and oxygen atoms in total. The number of hydrogen-bond acceptors (Lipinski definition) is 11. The van der Waals surface area contributed by atoms with E-state index in [1.165, 1.54) is 12.1 Å². The number of nitrogens with one attached hydrogen (secondary N) is 3. The van der Waals surface area contributed by atoms with Crippen molar-refractivity contribution in [2.75, 3.05) is 0 Å². The van der Waals surface area contributed by atoms with E-state index >= 15 is 0 Å². The van der Waals surface area contributed by atoms with Crippen LogP contribution in [0.1, 0.15) is 36.8 Å². The van der Waals surface area contributed by atoms with Crippen LogP contribution in [0.15, 0.2) is 107 Å². The average Bonchev–Trinajstić information content (AvgIpc) is 3.85. The van der Waals surface area contributed by atoms with Crippen molar-refractivity contribution < 1.29 is 45.0 Å². The maximum absolute atomic E-state index is 13.1. The third-order valence-corrected chi connectivity index (χ3v) is 13.5. The Morgan fingerprint density at radius 2 is 1.15 bits per heavy atom. The Bertz CT molecular complexity index is 2820. The molecule has 2 fully saturated rings. The first-order valence-corrected chi connectivity index (χ1v) is 22.2. The number of H-pyrrole nitrogens is 2. The summed E-state index contributed by atoms with van der Waals surface area (Å²) in [6.45, 7) is 0. The highest BCUT2D eigenvalue weighted by molar-refractivity contribution is 8.13. The Hall–Kier alpha value is -5.08. The second-order valence-electron chi connectivity index (χ2n) is 14.5. The van der Waals surface area contributed by atoms with Gasteiger partial charge in [-0.2, -0.15) is 0 Å². The van der Waals surface area contributed by atoms with Crippen molar-refractivity contribution >= 4 is 77.2 Å². The number of nitrogens with zero attached hydrogens (tertiary/aromatic N) is 2. The minimum atomic E-state index is -3.71. The van der Waals surface area contributed by atoms with Crippen molar-refractivity contribution in [1.82, 2.24) is 24.7 Å². The first-order chi connectivity index (χ1) is 28.1. The normalized spacial score (nSPS) is 20.8. The van der Waals surface area contributed by atoms with Gasteiger partial charge in [-0.25, -0.2) is 40.3 Å². The summed E-state index contributed by atoms with van der Waals surface area (Å²) in [4.78, 5) is 14.7. The molecule has 304 valence electrons. The van der Waals surface area contributed by atoms with Gasteiger partial charge in [0.1, 0.15) is 34.4 Å². The van der Waals surface area contributed by atoms with Gasteiger partial charge in [0.25, 0.3) is 9.05 Å². The summed E-state index contributed by atoms with van der Waals surface area (Å²) in [5.41, 5.74) is 11.5. The molecular weight excluding hydrogens is 828 g/mol. The van der Waals surface area contributed by atoms with E-state index in [2.05, 4.69) is 24.7 Å². The molecule has 59 heavy (non-hydrogen) atoms. The lowest BCUT2D eigenvalue weighted by Crippen LogP contribution is -2.45. The van der Waals surface area contributed by atoms with Crippen LogP contribution in [0.3, 0.4) is 0 Å². The van der Waals surface area contributed by atoms with Gasteiger partial charge in [0.2, 0.25) is 10.0 Å². The topological polar surface area (TPSA) is 223 Å². The van der Waals surface area contributed by atoms with Crippen molar-refractivity contribution in [3.63, 3.8) is 0 Å². The van der Waals surface area contributed by atoms with Crippen molar-refractivity contribution in [1.29, 1.82) is 0 Å². The standard InChI is InChI=1S/C19H17BFN3O4S.C13H14BN3O2.C6H4ClFO2S/c21-12-1-3-14(4-2-12)29(26,27)24-13-7-11(8-13)16-9-20(25)28-17-10-23-19-15(18(16)17)5-6-22-19;15-8-3-7(4-8)10-5-14(18)19-11-6-17-13-9(12(10)11)1-2-16-13;7-11(9,10)6-3-1-5(8)2-4-6/h1-6,9-11,13,24-25H,7-8H2,(H,22,23);1-2,5-8,18H,3-4,15H2,(H,16,17);1-4H. The number of allylic oxidation sites excluding steroid dienone is 2. The molecule has 10 rings (SSSR count). The van der Waals surface area contributed by atoms with E-state index in [1.54, 1.807) is 30.5 Å². The number of rotatable bonds is 6. The van der Waals surface area contributed by atoms with Gasteiger partial charge in [-0.1, -0.05) is 0 Å². The highest BCUT2D eigenvalue weighted by Crippen LogP contribution is 2.47. The number of aromatic amines is 2. The molecule has 21 heteroatoms.